The second-order valence-electron chi connectivity index (χ2n) is 8.44. The Balaban J connectivity index is 1.32. The number of hydrogen-bond donors (Lipinski definition) is 0. The van der Waals surface area contributed by atoms with E-state index in [0.29, 0.717) is 18.9 Å². The summed E-state index contributed by atoms with van der Waals surface area (Å²) in [5, 5.41) is 9.00. The van der Waals surface area contributed by atoms with Gasteiger partial charge in [0.25, 0.3) is 0 Å². The van der Waals surface area contributed by atoms with Crippen LogP contribution in [-0.4, -0.2) is 45.3 Å². The van der Waals surface area contributed by atoms with E-state index in [-0.39, 0.29) is 11.8 Å². The fourth-order valence-electron chi connectivity index (χ4n) is 4.59. The van der Waals surface area contributed by atoms with E-state index in [9.17, 15) is 4.79 Å². The number of nitrogens with zero attached hydrogens (tertiary/aromatic N) is 6. The van der Waals surface area contributed by atoms with Gasteiger partial charge in [-0.1, -0.05) is 48.5 Å². The van der Waals surface area contributed by atoms with Gasteiger partial charge in [-0.2, -0.15) is 0 Å². The van der Waals surface area contributed by atoms with Crippen LogP contribution >= 0.6 is 0 Å². The van der Waals surface area contributed by atoms with Crippen molar-refractivity contribution in [2.45, 2.75) is 19.8 Å². The molecule has 1 saturated heterocycles. The minimum absolute atomic E-state index is 0.0614. The summed E-state index contributed by atoms with van der Waals surface area (Å²) in [6.45, 7) is 4.20. The first kappa shape index (κ1) is 21.8. The molecular weight excluding hydrogens is 424 g/mol. The number of hydrogen-bond acceptors (Lipinski definition) is 5. The molecule has 0 radical (unpaired) electrons. The van der Waals surface area contributed by atoms with Gasteiger partial charge in [-0.15, -0.1) is 10.2 Å². The second kappa shape index (κ2) is 9.87. The van der Waals surface area contributed by atoms with Crippen molar-refractivity contribution in [3.05, 3.63) is 85.2 Å². The second-order valence-corrected chi connectivity index (χ2v) is 8.44. The third kappa shape index (κ3) is 4.41. The normalized spacial score (nSPS) is 15.8. The molecule has 4 aromatic rings. The number of carbonyl (C=O) groups excluding carboxylic acids is 1. The lowest BCUT2D eigenvalue weighted by Gasteiger charge is -2.35. The van der Waals surface area contributed by atoms with Gasteiger partial charge in [0.2, 0.25) is 5.91 Å². The largest absolute Gasteiger partial charge is 0.354 e. The van der Waals surface area contributed by atoms with Crippen molar-refractivity contribution >= 4 is 17.4 Å². The summed E-state index contributed by atoms with van der Waals surface area (Å²) >= 11 is 0. The number of benzene rings is 2. The number of piperidine rings is 1. The number of aromatic nitrogens is 4. The zero-order valence-corrected chi connectivity index (χ0v) is 19.3. The SMILES string of the molecule is CCN(C(=O)C1CCCN(c2ccc(-n3ccnc3-c3ccccc3)nn2)C1)c1ccccc1. The van der Waals surface area contributed by atoms with Crippen LogP contribution < -0.4 is 9.80 Å². The highest BCUT2D eigenvalue weighted by atomic mass is 16.2. The van der Waals surface area contributed by atoms with Crippen LogP contribution in [0.15, 0.2) is 85.2 Å². The molecule has 0 spiro atoms. The van der Waals surface area contributed by atoms with Gasteiger partial charge >= 0.3 is 0 Å². The van der Waals surface area contributed by atoms with Crippen LogP contribution in [0.5, 0.6) is 0 Å². The molecule has 1 aliphatic rings. The molecule has 1 atom stereocenters. The lowest BCUT2D eigenvalue weighted by Crippen LogP contribution is -2.45. The fourth-order valence-corrected chi connectivity index (χ4v) is 4.59. The highest BCUT2D eigenvalue weighted by Crippen LogP contribution is 2.26. The van der Waals surface area contributed by atoms with Crippen LogP contribution in [-0.2, 0) is 4.79 Å². The van der Waals surface area contributed by atoms with E-state index in [1.807, 2.05) is 95.4 Å². The summed E-state index contributed by atoms with van der Waals surface area (Å²) in [4.78, 5) is 21.9. The van der Waals surface area contributed by atoms with E-state index < -0.39 is 0 Å². The minimum Gasteiger partial charge on any atom is -0.354 e. The first-order valence-corrected chi connectivity index (χ1v) is 11.8. The molecule has 1 aliphatic heterocycles. The molecule has 1 fully saturated rings. The quantitative estimate of drug-likeness (QED) is 0.428. The lowest BCUT2D eigenvalue weighted by atomic mass is 9.96. The molecule has 7 nitrogen and oxygen atoms in total. The molecule has 2 aromatic heterocycles. The predicted molar refractivity (Wildman–Crippen MR) is 134 cm³/mol. The number of imidazole rings is 1. The first-order valence-electron chi connectivity index (χ1n) is 11.8. The van der Waals surface area contributed by atoms with Gasteiger partial charge in [0.1, 0.15) is 5.82 Å². The van der Waals surface area contributed by atoms with Crippen LogP contribution in [0.25, 0.3) is 17.2 Å². The van der Waals surface area contributed by atoms with Crippen LogP contribution in [0.3, 0.4) is 0 Å². The Morgan fingerprint density at radius 3 is 2.38 bits per heavy atom. The Kier molecular flexibility index (Phi) is 6.33. The van der Waals surface area contributed by atoms with Gasteiger partial charge in [0, 0.05) is 43.3 Å². The zero-order valence-electron chi connectivity index (χ0n) is 19.3. The molecule has 0 aliphatic carbocycles. The van der Waals surface area contributed by atoms with Crippen molar-refractivity contribution in [3.63, 3.8) is 0 Å². The highest BCUT2D eigenvalue weighted by molar-refractivity contribution is 5.95. The Morgan fingerprint density at radius 1 is 0.971 bits per heavy atom. The van der Waals surface area contributed by atoms with Gasteiger partial charge in [0.05, 0.1) is 5.92 Å². The van der Waals surface area contributed by atoms with Crippen molar-refractivity contribution in [2.75, 3.05) is 29.4 Å². The molecule has 7 heteroatoms. The molecule has 0 N–H and O–H groups in total. The van der Waals surface area contributed by atoms with Gasteiger partial charge in [-0.25, -0.2) is 4.98 Å². The third-order valence-corrected chi connectivity index (χ3v) is 6.30. The average molecular weight is 453 g/mol. The van der Waals surface area contributed by atoms with E-state index >= 15 is 0 Å². The maximum atomic E-state index is 13.3. The Bertz CT molecular complexity index is 1220. The maximum absolute atomic E-state index is 13.3. The zero-order chi connectivity index (χ0) is 23.3. The van der Waals surface area contributed by atoms with Crippen molar-refractivity contribution in [1.82, 2.24) is 19.7 Å². The highest BCUT2D eigenvalue weighted by Gasteiger charge is 2.30. The summed E-state index contributed by atoms with van der Waals surface area (Å²) in [5.41, 5.74) is 1.97. The van der Waals surface area contributed by atoms with E-state index in [1.54, 1.807) is 6.20 Å². The van der Waals surface area contributed by atoms with Gasteiger partial charge in [-0.3, -0.25) is 9.36 Å². The summed E-state index contributed by atoms with van der Waals surface area (Å²) in [5.74, 6) is 2.45. The maximum Gasteiger partial charge on any atom is 0.231 e. The number of amides is 1. The van der Waals surface area contributed by atoms with E-state index in [1.165, 1.54) is 0 Å². The number of carbonyl (C=O) groups is 1. The summed E-state index contributed by atoms with van der Waals surface area (Å²) < 4.78 is 1.94. The van der Waals surface area contributed by atoms with Crippen LogP contribution in [0.1, 0.15) is 19.8 Å². The number of para-hydroxylation sites is 1. The lowest BCUT2D eigenvalue weighted by molar-refractivity contribution is -0.122. The smallest absolute Gasteiger partial charge is 0.231 e. The van der Waals surface area contributed by atoms with Crippen molar-refractivity contribution in [1.29, 1.82) is 0 Å². The van der Waals surface area contributed by atoms with E-state index in [0.717, 1.165) is 42.3 Å². The molecule has 3 heterocycles. The topological polar surface area (TPSA) is 67.2 Å². The third-order valence-electron chi connectivity index (χ3n) is 6.30. The molecule has 0 bridgehead atoms. The van der Waals surface area contributed by atoms with E-state index in [4.69, 9.17) is 0 Å². The van der Waals surface area contributed by atoms with Gasteiger partial charge in [0.15, 0.2) is 11.6 Å². The molecule has 0 saturated carbocycles. The van der Waals surface area contributed by atoms with Crippen LogP contribution in [0.2, 0.25) is 0 Å². The molecule has 2 aromatic carbocycles. The standard InChI is InChI=1S/C27H28N6O/c1-2-32(23-13-7-4-8-14-23)27(34)22-12-9-18-31(20-22)24-15-16-25(30-29-24)33-19-17-28-26(33)21-10-5-3-6-11-21/h3-8,10-11,13-17,19,22H,2,9,12,18,20H2,1H3. The van der Waals surface area contributed by atoms with Gasteiger partial charge in [-0.05, 0) is 44.0 Å². The summed E-state index contributed by atoms with van der Waals surface area (Å²) in [6, 6.07) is 23.9. The van der Waals surface area contributed by atoms with Crippen molar-refractivity contribution < 1.29 is 4.79 Å². The Labute approximate surface area is 199 Å². The van der Waals surface area contributed by atoms with Crippen molar-refractivity contribution in [2.24, 2.45) is 5.92 Å². The Morgan fingerprint density at radius 2 is 1.68 bits per heavy atom. The monoisotopic (exact) mass is 452 g/mol. The number of anilines is 2. The molecule has 34 heavy (non-hydrogen) atoms. The minimum atomic E-state index is -0.0614. The molecule has 1 unspecified atom stereocenters. The predicted octanol–water partition coefficient (Wildman–Crippen LogP) is 4.60. The average Bonchev–Trinajstić information content (AvgIpc) is 3.40. The summed E-state index contributed by atoms with van der Waals surface area (Å²) in [6.07, 6.45) is 5.50. The number of rotatable bonds is 6. The molecule has 172 valence electrons. The molecular formula is C27H28N6O. The first-order chi connectivity index (χ1) is 16.7. The fraction of sp³-hybridized carbons (Fsp3) is 0.259. The van der Waals surface area contributed by atoms with Crippen LogP contribution in [0, 0.1) is 5.92 Å². The summed E-state index contributed by atoms with van der Waals surface area (Å²) in [7, 11) is 0. The molecule has 5 rings (SSSR count). The van der Waals surface area contributed by atoms with Crippen molar-refractivity contribution in [3.8, 4) is 17.2 Å². The van der Waals surface area contributed by atoms with Gasteiger partial charge < -0.3 is 9.80 Å². The van der Waals surface area contributed by atoms with E-state index in [2.05, 4.69) is 20.1 Å². The molecule has 1 amide bonds. The van der Waals surface area contributed by atoms with Crippen LogP contribution in [0.4, 0.5) is 11.5 Å². The Hall–Kier alpha value is -4.00.